The molecule has 0 saturated heterocycles. The zero-order valence-corrected chi connectivity index (χ0v) is 18.7. The van der Waals surface area contributed by atoms with Crippen LogP contribution in [0.15, 0.2) is 65.6 Å². The molecule has 4 aromatic rings. The van der Waals surface area contributed by atoms with Gasteiger partial charge in [0.15, 0.2) is 5.13 Å². The third kappa shape index (κ3) is 4.91. The van der Waals surface area contributed by atoms with Crippen LogP contribution in [0.5, 0.6) is 0 Å². The second-order valence-corrected chi connectivity index (χ2v) is 9.25. The second kappa shape index (κ2) is 9.45. The van der Waals surface area contributed by atoms with Gasteiger partial charge in [-0.05, 0) is 44.2 Å². The second-order valence-electron chi connectivity index (χ2n) is 7.07. The Kier molecular flexibility index (Phi) is 6.50. The van der Waals surface area contributed by atoms with Crippen LogP contribution in [-0.2, 0) is 11.3 Å². The smallest absolute Gasteiger partial charge is 0.229 e. The van der Waals surface area contributed by atoms with Gasteiger partial charge in [0, 0.05) is 29.3 Å². The molecule has 30 heavy (non-hydrogen) atoms. The molecule has 0 aliphatic rings. The molecule has 0 spiro atoms. The van der Waals surface area contributed by atoms with Crippen molar-refractivity contribution in [3.8, 4) is 0 Å². The Bertz CT molecular complexity index is 1100. The summed E-state index contributed by atoms with van der Waals surface area (Å²) < 4.78 is 3.05. The van der Waals surface area contributed by atoms with Crippen molar-refractivity contribution < 1.29 is 4.79 Å². The summed E-state index contributed by atoms with van der Waals surface area (Å²) in [6, 6.07) is 20.3. The predicted octanol–water partition coefficient (Wildman–Crippen LogP) is 5.33. The van der Waals surface area contributed by atoms with Gasteiger partial charge in [-0.25, -0.2) is 4.98 Å². The molecule has 0 aliphatic carbocycles. The Morgan fingerprint density at radius 2 is 1.87 bits per heavy atom. The number of amides is 1. The summed E-state index contributed by atoms with van der Waals surface area (Å²) >= 11 is 3.27. The number of carbonyl (C=O) groups excluding carboxylic acids is 1. The lowest BCUT2D eigenvalue weighted by Crippen LogP contribution is -2.34. The maximum atomic E-state index is 13.2. The van der Waals surface area contributed by atoms with Crippen LogP contribution in [0.4, 0.5) is 5.13 Å². The predicted molar refractivity (Wildman–Crippen MR) is 125 cm³/mol. The quantitative estimate of drug-likeness (QED) is 0.351. The molecule has 7 heteroatoms. The fourth-order valence-electron chi connectivity index (χ4n) is 3.31. The van der Waals surface area contributed by atoms with Gasteiger partial charge in [-0.1, -0.05) is 41.7 Å². The zero-order valence-electron chi connectivity index (χ0n) is 17.1. The van der Waals surface area contributed by atoms with Gasteiger partial charge in [0.05, 0.1) is 22.5 Å². The summed E-state index contributed by atoms with van der Waals surface area (Å²) in [5.74, 6) is 0.837. The lowest BCUT2D eigenvalue weighted by molar-refractivity contribution is -0.118. The van der Waals surface area contributed by atoms with Crippen LogP contribution in [0.1, 0.15) is 17.8 Å². The van der Waals surface area contributed by atoms with E-state index in [0.717, 1.165) is 32.5 Å². The molecule has 0 unspecified atom stereocenters. The molecule has 0 aliphatic heterocycles. The monoisotopic (exact) mass is 436 g/mol. The molecule has 5 nitrogen and oxygen atoms in total. The Labute approximate surface area is 184 Å². The first-order valence-electron chi connectivity index (χ1n) is 9.95. The third-order valence-corrected chi connectivity index (χ3v) is 6.85. The van der Waals surface area contributed by atoms with Crippen molar-refractivity contribution >= 4 is 44.4 Å². The number of thiazole rings is 1. The van der Waals surface area contributed by atoms with Crippen molar-refractivity contribution in [2.24, 2.45) is 0 Å². The average molecular weight is 437 g/mol. The standard InChI is InChI=1S/C23H24N4OS2/c1-17-16-18(2)27(25-17)14-13-26(23-24-20-10-6-7-11-21(20)30-23)22(28)12-15-29-19-8-4-3-5-9-19/h3-11,16H,12-15H2,1-2H3. The van der Waals surface area contributed by atoms with E-state index in [1.165, 1.54) is 4.90 Å². The lowest BCUT2D eigenvalue weighted by atomic mass is 10.3. The van der Waals surface area contributed by atoms with Crippen LogP contribution in [0, 0.1) is 13.8 Å². The molecule has 0 fully saturated rings. The van der Waals surface area contributed by atoms with Gasteiger partial charge in [0.2, 0.25) is 5.91 Å². The van der Waals surface area contributed by atoms with Gasteiger partial charge in [-0.2, -0.15) is 5.10 Å². The summed E-state index contributed by atoms with van der Waals surface area (Å²) in [4.78, 5) is 20.9. The summed E-state index contributed by atoms with van der Waals surface area (Å²) in [5, 5.41) is 5.29. The summed E-state index contributed by atoms with van der Waals surface area (Å²) in [6.07, 6.45) is 0.465. The molecule has 4 rings (SSSR count). The average Bonchev–Trinajstić information content (AvgIpc) is 3.31. The van der Waals surface area contributed by atoms with Crippen molar-refractivity contribution in [1.29, 1.82) is 0 Å². The van der Waals surface area contributed by atoms with Crippen LogP contribution in [0.2, 0.25) is 0 Å². The summed E-state index contributed by atoms with van der Waals surface area (Å²) in [7, 11) is 0. The van der Waals surface area contributed by atoms with E-state index in [2.05, 4.69) is 23.3 Å². The number of anilines is 1. The normalized spacial score (nSPS) is 11.1. The summed E-state index contributed by atoms with van der Waals surface area (Å²) in [6.45, 7) is 5.23. The molecular weight excluding hydrogens is 412 g/mol. The van der Waals surface area contributed by atoms with Gasteiger partial charge in [-0.15, -0.1) is 11.8 Å². The third-order valence-electron chi connectivity index (χ3n) is 4.78. The van der Waals surface area contributed by atoms with E-state index >= 15 is 0 Å². The highest BCUT2D eigenvalue weighted by atomic mass is 32.2. The maximum absolute atomic E-state index is 13.2. The van der Waals surface area contributed by atoms with E-state index in [0.29, 0.717) is 19.5 Å². The number of para-hydroxylation sites is 1. The van der Waals surface area contributed by atoms with E-state index in [-0.39, 0.29) is 5.91 Å². The van der Waals surface area contributed by atoms with Gasteiger partial charge >= 0.3 is 0 Å². The zero-order chi connectivity index (χ0) is 20.9. The van der Waals surface area contributed by atoms with Crippen molar-refractivity contribution in [1.82, 2.24) is 14.8 Å². The van der Waals surface area contributed by atoms with E-state index < -0.39 is 0 Å². The van der Waals surface area contributed by atoms with Crippen LogP contribution in [0.3, 0.4) is 0 Å². The first-order chi connectivity index (χ1) is 14.6. The summed E-state index contributed by atoms with van der Waals surface area (Å²) in [5.41, 5.74) is 3.02. The molecule has 154 valence electrons. The first kappa shape index (κ1) is 20.6. The van der Waals surface area contributed by atoms with Gasteiger partial charge < -0.3 is 0 Å². The highest BCUT2D eigenvalue weighted by molar-refractivity contribution is 7.99. The fraction of sp³-hybridized carbons (Fsp3) is 0.261. The Hall–Kier alpha value is -2.64. The van der Waals surface area contributed by atoms with Crippen LogP contribution in [-0.4, -0.2) is 33.0 Å². The lowest BCUT2D eigenvalue weighted by Gasteiger charge is -2.20. The van der Waals surface area contributed by atoms with Crippen LogP contribution >= 0.6 is 23.1 Å². The van der Waals surface area contributed by atoms with Gasteiger partial charge in [0.25, 0.3) is 0 Å². The number of nitrogens with zero attached hydrogens (tertiary/aromatic N) is 4. The van der Waals surface area contributed by atoms with Gasteiger partial charge in [-0.3, -0.25) is 14.4 Å². The Morgan fingerprint density at radius 3 is 2.60 bits per heavy atom. The van der Waals surface area contributed by atoms with E-state index in [9.17, 15) is 4.79 Å². The van der Waals surface area contributed by atoms with Crippen LogP contribution < -0.4 is 4.90 Å². The number of aromatic nitrogens is 3. The number of hydrogen-bond acceptors (Lipinski definition) is 5. The molecule has 0 atom stereocenters. The first-order valence-corrected chi connectivity index (χ1v) is 11.8. The minimum absolute atomic E-state index is 0.0963. The maximum Gasteiger partial charge on any atom is 0.229 e. The number of rotatable bonds is 8. The fourth-order valence-corrected chi connectivity index (χ4v) is 5.18. The number of thioether (sulfide) groups is 1. The number of carbonyl (C=O) groups is 1. The van der Waals surface area contributed by atoms with Crippen molar-refractivity contribution in [2.45, 2.75) is 31.7 Å². The van der Waals surface area contributed by atoms with E-state index in [1.807, 2.05) is 65.9 Å². The number of benzene rings is 2. The molecule has 2 aromatic carbocycles. The number of fused-ring (bicyclic) bond motifs is 1. The molecule has 2 aromatic heterocycles. The molecule has 2 heterocycles. The highest BCUT2D eigenvalue weighted by Crippen LogP contribution is 2.29. The van der Waals surface area contributed by atoms with E-state index in [1.54, 1.807) is 23.1 Å². The SMILES string of the molecule is Cc1cc(C)n(CCN(C(=O)CCSc2ccccc2)c2nc3ccccc3s2)n1. The van der Waals surface area contributed by atoms with Crippen molar-refractivity contribution in [3.63, 3.8) is 0 Å². The molecule has 0 bridgehead atoms. The topological polar surface area (TPSA) is 51.0 Å². The van der Waals surface area contributed by atoms with Crippen LogP contribution in [0.25, 0.3) is 10.2 Å². The highest BCUT2D eigenvalue weighted by Gasteiger charge is 2.20. The van der Waals surface area contributed by atoms with Crippen molar-refractivity contribution in [3.05, 3.63) is 72.1 Å². The Balaban J connectivity index is 1.49. The molecule has 0 N–H and O–H groups in total. The van der Waals surface area contributed by atoms with Gasteiger partial charge in [0.1, 0.15) is 0 Å². The number of aryl methyl sites for hydroxylation is 2. The largest absolute Gasteiger partial charge is 0.286 e. The van der Waals surface area contributed by atoms with E-state index in [4.69, 9.17) is 4.98 Å². The van der Waals surface area contributed by atoms with Crippen molar-refractivity contribution in [2.75, 3.05) is 17.2 Å². The molecule has 1 amide bonds. The molecule has 0 saturated carbocycles. The number of hydrogen-bond donors (Lipinski definition) is 0. The Morgan fingerprint density at radius 1 is 1.10 bits per heavy atom. The minimum Gasteiger partial charge on any atom is -0.286 e. The molecule has 0 radical (unpaired) electrons. The minimum atomic E-state index is 0.0963. The molecular formula is C23H24N4OS2.